The van der Waals surface area contributed by atoms with Crippen molar-refractivity contribution in [3.05, 3.63) is 0 Å². The molecule has 1 fully saturated rings. The lowest BCUT2D eigenvalue weighted by Crippen LogP contribution is -2.40. The van der Waals surface area contributed by atoms with E-state index in [1.807, 2.05) is 0 Å². The van der Waals surface area contributed by atoms with Gasteiger partial charge in [0.25, 0.3) is 0 Å². The predicted octanol–water partition coefficient (Wildman–Crippen LogP) is 1.86. The molecule has 0 bridgehead atoms. The predicted molar refractivity (Wildman–Crippen MR) is 58.0 cm³/mol. The molecule has 0 amide bonds. The first kappa shape index (κ1) is 11.0. The highest BCUT2D eigenvalue weighted by Crippen LogP contribution is 2.10. The first-order valence-corrected chi connectivity index (χ1v) is 5.63. The zero-order valence-electron chi connectivity index (χ0n) is 9.51. The summed E-state index contributed by atoms with van der Waals surface area (Å²) in [5.41, 5.74) is 0. The van der Waals surface area contributed by atoms with Crippen LogP contribution in [-0.4, -0.2) is 36.1 Å². The van der Waals surface area contributed by atoms with E-state index in [1.54, 1.807) is 0 Å². The van der Waals surface area contributed by atoms with Gasteiger partial charge >= 0.3 is 0 Å². The van der Waals surface area contributed by atoms with Crippen LogP contribution in [0.5, 0.6) is 0 Å². The second kappa shape index (κ2) is 4.97. The van der Waals surface area contributed by atoms with Crippen molar-refractivity contribution in [2.24, 2.45) is 0 Å². The third-order valence-corrected chi connectivity index (χ3v) is 3.02. The number of rotatable bonds is 2. The van der Waals surface area contributed by atoms with Gasteiger partial charge in [-0.15, -0.1) is 0 Å². The molecule has 1 unspecified atom stereocenters. The van der Waals surface area contributed by atoms with Crippen molar-refractivity contribution < 1.29 is 0 Å². The molecule has 0 spiro atoms. The van der Waals surface area contributed by atoms with Gasteiger partial charge in [-0.3, -0.25) is 4.90 Å². The topological polar surface area (TPSA) is 15.3 Å². The molecule has 1 saturated heterocycles. The largest absolute Gasteiger partial charge is 0.310 e. The van der Waals surface area contributed by atoms with Crippen molar-refractivity contribution in [1.82, 2.24) is 10.2 Å². The van der Waals surface area contributed by atoms with E-state index in [9.17, 15) is 0 Å². The summed E-state index contributed by atoms with van der Waals surface area (Å²) in [5, 5.41) is 3.67. The van der Waals surface area contributed by atoms with Crippen molar-refractivity contribution in [2.75, 3.05) is 13.1 Å². The standard InChI is InChI=1S/C11H24N2/c1-5-11-6-7-13(9(2)3)8-10(4)12-11/h9-12H,5-8H2,1-4H3/t10-,11?/m1/s1. The molecule has 78 valence electrons. The zero-order chi connectivity index (χ0) is 9.84. The fourth-order valence-electron chi connectivity index (χ4n) is 2.09. The summed E-state index contributed by atoms with van der Waals surface area (Å²) in [7, 11) is 0. The Kier molecular flexibility index (Phi) is 4.20. The van der Waals surface area contributed by atoms with Gasteiger partial charge in [0, 0.05) is 24.7 Å². The molecule has 1 aliphatic heterocycles. The van der Waals surface area contributed by atoms with Crippen LogP contribution in [0.2, 0.25) is 0 Å². The number of hydrogen-bond acceptors (Lipinski definition) is 2. The SMILES string of the molecule is CCC1CCN(C(C)C)C[C@@H](C)N1. The van der Waals surface area contributed by atoms with Crippen LogP contribution in [-0.2, 0) is 0 Å². The summed E-state index contributed by atoms with van der Waals surface area (Å²) in [6.45, 7) is 11.6. The second-order valence-electron chi connectivity index (χ2n) is 4.55. The highest BCUT2D eigenvalue weighted by molar-refractivity contribution is 4.80. The minimum atomic E-state index is 0.648. The maximum Gasteiger partial charge on any atom is 0.0169 e. The molecule has 2 atom stereocenters. The first-order valence-electron chi connectivity index (χ1n) is 5.63. The highest BCUT2D eigenvalue weighted by atomic mass is 15.2. The first-order chi connectivity index (χ1) is 6.13. The van der Waals surface area contributed by atoms with Crippen LogP contribution in [0.1, 0.15) is 40.5 Å². The minimum absolute atomic E-state index is 0.648. The van der Waals surface area contributed by atoms with E-state index in [2.05, 4.69) is 37.9 Å². The van der Waals surface area contributed by atoms with Crippen LogP contribution >= 0.6 is 0 Å². The van der Waals surface area contributed by atoms with E-state index in [4.69, 9.17) is 0 Å². The third kappa shape index (κ3) is 3.28. The summed E-state index contributed by atoms with van der Waals surface area (Å²) in [4.78, 5) is 2.58. The maximum atomic E-state index is 3.67. The lowest BCUT2D eigenvalue weighted by Gasteiger charge is -2.26. The number of nitrogens with zero attached hydrogens (tertiary/aromatic N) is 1. The average molecular weight is 184 g/mol. The van der Waals surface area contributed by atoms with Gasteiger partial charge in [-0.1, -0.05) is 6.92 Å². The van der Waals surface area contributed by atoms with E-state index in [1.165, 1.54) is 25.9 Å². The molecule has 13 heavy (non-hydrogen) atoms. The van der Waals surface area contributed by atoms with Crippen molar-refractivity contribution >= 4 is 0 Å². The normalized spacial score (nSPS) is 32.1. The highest BCUT2D eigenvalue weighted by Gasteiger charge is 2.20. The summed E-state index contributed by atoms with van der Waals surface area (Å²) in [6, 6.07) is 2.08. The summed E-state index contributed by atoms with van der Waals surface area (Å²) >= 11 is 0. The summed E-state index contributed by atoms with van der Waals surface area (Å²) in [6.07, 6.45) is 2.56. The fourth-order valence-corrected chi connectivity index (χ4v) is 2.09. The van der Waals surface area contributed by atoms with Crippen LogP contribution in [0.4, 0.5) is 0 Å². The Balaban J connectivity index is 2.47. The quantitative estimate of drug-likeness (QED) is 0.704. The van der Waals surface area contributed by atoms with Crippen LogP contribution in [0, 0.1) is 0 Å². The number of hydrogen-bond donors (Lipinski definition) is 1. The van der Waals surface area contributed by atoms with Crippen molar-refractivity contribution in [2.45, 2.75) is 58.7 Å². The molecule has 0 aliphatic carbocycles. The van der Waals surface area contributed by atoms with Gasteiger partial charge in [0.2, 0.25) is 0 Å². The molecule has 0 aromatic carbocycles. The zero-order valence-corrected chi connectivity index (χ0v) is 9.51. The molecular formula is C11H24N2. The molecule has 0 aromatic rings. The van der Waals surface area contributed by atoms with Crippen LogP contribution in [0.15, 0.2) is 0 Å². The smallest absolute Gasteiger partial charge is 0.0169 e. The van der Waals surface area contributed by atoms with Gasteiger partial charge in [-0.25, -0.2) is 0 Å². The molecule has 1 N–H and O–H groups in total. The monoisotopic (exact) mass is 184 g/mol. The van der Waals surface area contributed by atoms with Crippen LogP contribution < -0.4 is 5.32 Å². The minimum Gasteiger partial charge on any atom is -0.310 e. The lowest BCUT2D eigenvalue weighted by molar-refractivity contribution is 0.221. The van der Waals surface area contributed by atoms with Gasteiger partial charge in [-0.05, 0) is 40.2 Å². The molecule has 0 saturated carbocycles. The van der Waals surface area contributed by atoms with E-state index in [0.717, 1.165) is 6.04 Å². The van der Waals surface area contributed by atoms with Gasteiger partial charge in [0.15, 0.2) is 0 Å². The molecule has 2 heteroatoms. The van der Waals surface area contributed by atoms with Gasteiger partial charge in [0.05, 0.1) is 0 Å². The Hall–Kier alpha value is -0.0800. The Morgan fingerprint density at radius 2 is 2.15 bits per heavy atom. The van der Waals surface area contributed by atoms with E-state index >= 15 is 0 Å². The lowest BCUT2D eigenvalue weighted by atomic mass is 10.1. The van der Waals surface area contributed by atoms with E-state index < -0.39 is 0 Å². The molecule has 2 nitrogen and oxygen atoms in total. The second-order valence-corrected chi connectivity index (χ2v) is 4.55. The number of nitrogens with one attached hydrogen (secondary N) is 1. The summed E-state index contributed by atoms with van der Waals surface area (Å²) < 4.78 is 0. The van der Waals surface area contributed by atoms with Crippen LogP contribution in [0.3, 0.4) is 0 Å². The average Bonchev–Trinajstić information content (AvgIpc) is 2.26. The molecule has 0 aromatic heterocycles. The van der Waals surface area contributed by atoms with Crippen molar-refractivity contribution in [3.8, 4) is 0 Å². The van der Waals surface area contributed by atoms with Crippen molar-refractivity contribution in [1.29, 1.82) is 0 Å². The van der Waals surface area contributed by atoms with Crippen LogP contribution in [0.25, 0.3) is 0 Å². The molecule has 1 aliphatic rings. The fraction of sp³-hybridized carbons (Fsp3) is 1.00. The Morgan fingerprint density at radius 1 is 1.46 bits per heavy atom. The molecular weight excluding hydrogens is 160 g/mol. The Bertz CT molecular complexity index is 145. The molecule has 0 radical (unpaired) electrons. The molecule has 1 heterocycles. The van der Waals surface area contributed by atoms with E-state index in [-0.39, 0.29) is 0 Å². The van der Waals surface area contributed by atoms with Gasteiger partial charge in [0.1, 0.15) is 0 Å². The Labute approximate surface area is 82.7 Å². The van der Waals surface area contributed by atoms with Gasteiger partial charge < -0.3 is 5.32 Å². The third-order valence-electron chi connectivity index (χ3n) is 3.02. The van der Waals surface area contributed by atoms with E-state index in [0.29, 0.717) is 12.1 Å². The summed E-state index contributed by atoms with van der Waals surface area (Å²) in [5.74, 6) is 0. The maximum absolute atomic E-state index is 3.67. The molecule has 1 rings (SSSR count). The van der Waals surface area contributed by atoms with Gasteiger partial charge in [-0.2, -0.15) is 0 Å². The Morgan fingerprint density at radius 3 is 2.69 bits per heavy atom. The van der Waals surface area contributed by atoms with Crippen molar-refractivity contribution in [3.63, 3.8) is 0 Å².